The van der Waals surface area contributed by atoms with E-state index in [1.54, 1.807) is 19.1 Å². The smallest absolute Gasteiger partial charge is 0.238 e. The second kappa shape index (κ2) is 7.17. The van der Waals surface area contributed by atoms with Crippen molar-refractivity contribution in [3.63, 3.8) is 0 Å². The number of hydrogen-bond acceptors (Lipinski definition) is 7. The summed E-state index contributed by atoms with van der Waals surface area (Å²) in [4.78, 5) is 4.25. The van der Waals surface area contributed by atoms with Crippen LogP contribution >= 0.6 is 0 Å². The number of aryl methyl sites for hydroxylation is 1. The normalized spacial score (nSPS) is 11.2. The van der Waals surface area contributed by atoms with Crippen molar-refractivity contribution in [3.05, 3.63) is 36.3 Å². The third-order valence-electron chi connectivity index (χ3n) is 2.79. The van der Waals surface area contributed by atoms with Gasteiger partial charge in [0.15, 0.2) is 9.84 Å². The highest BCUT2D eigenvalue weighted by molar-refractivity contribution is 7.90. The van der Waals surface area contributed by atoms with Crippen LogP contribution in [-0.4, -0.2) is 43.1 Å². The summed E-state index contributed by atoms with van der Waals surface area (Å²) in [6, 6.07) is 6.32. The van der Waals surface area contributed by atoms with Gasteiger partial charge in [-0.05, 0) is 31.2 Å². The van der Waals surface area contributed by atoms with Gasteiger partial charge in [0.05, 0.1) is 18.1 Å². The lowest BCUT2D eigenvalue weighted by Gasteiger charge is -2.08. The van der Waals surface area contributed by atoms with Crippen LogP contribution in [0.25, 0.3) is 0 Å². The molecule has 2 rings (SSSR count). The van der Waals surface area contributed by atoms with Crippen LogP contribution in [0.15, 0.2) is 35.5 Å². The van der Waals surface area contributed by atoms with Crippen molar-refractivity contribution in [1.82, 2.24) is 15.2 Å². The molecule has 0 saturated heterocycles. The van der Waals surface area contributed by atoms with E-state index in [4.69, 9.17) is 9.47 Å². The molecule has 1 heterocycles. The molecule has 7 nitrogen and oxygen atoms in total. The number of nitrogens with zero attached hydrogens (tertiary/aromatic N) is 3. The van der Waals surface area contributed by atoms with Crippen molar-refractivity contribution in [1.29, 1.82) is 0 Å². The van der Waals surface area contributed by atoms with E-state index in [9.17, 15) is 8.42 Å². The van der Waals surface area contributed by atoms with Gasteiger partial charge in [0.25, 0.3) is 0 Å². The largest absolute Gasteiger partial charge is 0.493 e. The number of rotatable bonds is 7. The summed E-state index contributed by atoms with van der Waals surface area (Å²) in [5, 5.41) is 7.48. The molecule has 0 fully saturated rings. The fraction of sp³-hybridized carbons (Fsp3) is 0.357. The van der Waals surface area contributed by atoms with Gasteiger partial charge in [0, 0.05) is 12.7 Å². The van der Waals surface area contributed by atoms with Crippen molar-refractivity contribution in [3.8, 4) is 11.6 Å². The predicted molar refractivity (Wildman–Crippen MR) is 79.7 cm³/mol. The second-order valence-electron chi connectivity index (χ2n) is 4.64. The minimum Gasteiger partial charge on any atom is -0.493 e. The third kappa shape index (κ3) is 4.66. The van der Waals surface area contributed by atoms with E-state index in [1.807, 2.05) is 0 Å². The van der Waals surface area contributed by atoms with E-state index in [1.165, 1.54) is 24.7 Å². The van der Waals surface area contributed by atoms with Gasteiger partial charge in [-0.3, -0.25) is 0 Å². The van der Waals surface area contributed by atoms with Crippen LogP contribution in [0.1, 0.15) is 12.1 Å². The Balaban J connectivity index is 1.74. The summed E-state index contributed by atoms with van der Waals surface area (Å²) in [5.74, 6) is 1.08. The molecule has 2 aromatic rings. The maximum atomic E-state index is 11.3. The summed E-state index contributed by atoms with van der Waals surface area (Å²) in [5.41, 5.74) is 0.639. The number of ether oxygens (including phenoxy) is 2. The van der Waals surface area contributed by atoms with Crippen molar-refractivity contribution < 1.29 is 17.9 Å². The third-order valence-corrected chi connectivity index (χ3v) is 3.92. The lowest BCUT2D eigenvalue weighted by Crippen LogP contribution is -2.07. The van der Waals surface area contributed by atoms with Gasteiger partial charge in [-0.1, -0.05) is 0 Å². The molecule has 1 aromatic carbocycles. The summed E-state index contributed by atoms with van der Waals surface area (Å²) in [6.45, 7) is 2.67. The number of sulfone groups is 1. The van der Waals surface area contributed by atoms with Gasteiger partial charge in [-0.2, -0.15) is 4.98 Å². The Kier molecular flexibility index (Phi) is 5.26. The quantitative estimate of drug-likeness (QED) is 0.712. The summed E-state index contributed by atoms with van der Waals surface area (Å²) < 4.78 is 33.6. The first-order chi connectivity index (χ1) is 10.5. The second-order valence-corrected chi connectivity index (χ2v) is 6.66. The Morgan fingerprint density at radius 3 is 2.41 bits per heavy atom. The molecule has 1 aromatic heterocycles. The summed E-state index contributed by atoms with van der Waals surface area (Å²) in [6.07, 6.45) is 3.17. The Hall–Kier alpha value is -2.22. The monoisotopic (exact) mass is 323 g/mol. The van der Waals surface area contributed by atoms with Crippen LogP contribution in [0.5, 0.6) is 11.6 Å². The van der Waals surface area contributed by atoms with Gasteiger partial charge >= 0.3 is 0 Å². The maximum Gasteiger partial charge on any atom is 0.238 e. The topological polar surface area (TPSA) is 91.3 Å². The van der Waals surface area contributed by atoms with Crippen LogP contribution in [0, 0.1) is 6.92 Å². The Morgan fingerprint density at radius 2 is 1.77 bits per heavy atom. The van der Waals surface area contributed by atoms with E-state index >= 15 is 0 Å². The highest BCUT2D eigenvalue weighted by Crippen LogP contribution is 2.16. The first-order valence-corrected chi connectivity index (χ1v) is 8.56. The van der Waals surface area contributed by atoms with Crippen molar-refractivity contribution >= 4 is 9.84 Å². The van der Waals surface area contributed by atoms with Gasteiger partial charge in [-0.15, -0.1) is 10.2 Å². The van der Waals surface area contributed by atoms with E-state index < -0.39 is 9.84 Å². The molecule has 0 bridgehead atoms. The zero-order valence-corrected chi connectivity index (χ0v) is 13.2. The Labute approximate surface area is 129 Å². The predicted octanol–water partition coefficient (Wildman–Crippen LogP) is 1.43. The molecule has 0 aliphatic carbocycles. The fourth-order valence-electron chi connectivity index (χ4n) is 1.67. The van der Waals surface area contributed by atoms with E-state index in [0.717, 1.165) is 0 Å². The van der Waals surface area contributed by atoms with Gasteiger partial charge in [0.2, 0.25) is 5.88 Å². The highest BCUT2D eigenvalue weighted by Gasteiger charge is 2.06. The molecular weight excluding hydrogens is 306 g/mol. The average molecular weight is 323 g/mol. The first kappa shape index (κ1) is 16.2. The lowest BCUT2D eigenvalue weighted by atomic mass is 10.3. The molecule has 0 spiro atoms. The molecule has 0 atom stereocenters. The van der Waals surface area contributed by atoms with Crippen LogP contribution in [-0.2, 0) is 9.84 Å². The molecule has 0 amide bonds. The molecular formula is C14H17N3O4S. The van der Waals surface area contributed by atoms with E-state index in [2.05, 4.69) is 15.2 Å². The maximum absolute atomic E-state index is 11.3. The van der Waals surface area contributed by atoms with Crippen LogP contribution in [0.4, 0.5) is 0 Å². The lowest BCUT2D eigenvalue weighted by molar-refractivity contribution is 0.240. The summed E-state index contributed by atoms with van der Waals surface area (Å²) in [7, 11) is -3.18. The SMILES string of the molecule is Cc1nncnc1OCCCOc1ccc(S(C)(=O)=O)cc1. The van der Waals surface area contributed by atoms with Crippen molar-refractivity contribution in [2.75, 3.05) is 19.5 Å². The minimum absolute atomic E-state index is 0.273. The standard InChI is InChI=1S/C14H17N3O4S/c1-11-14(15-10-16-17-11)21-9-3-8-20-12-4-6-13(7-5-12)22(2,18)19/h4-7,10H,3,8-9H2,1-2H3. The van der Waals surface area contributed by atoms with Crippen LogP contribution in [0.3, 0.4) is 0 Å². The van der Waals surface area contributed by atoms with Gasteiger partial charge < -0.3 is 9.47 Å². The minimum atomic E-state index is -3.18. The molecule has 0 saturated carbocycles. The zero-order valence-electron chi connectivity index (χ0n) is 12.4. The average Bonchev–Trinajstić information content (AvgIpc) is 2.48. The van der Waals surface area contributed by atoms with Gasteiger partial charge in [-0.25, -0.2) is 8.42 Å². The number of aromatic nitrogens is 3. The fourth-order valence-corrected chi connectivity index (χ4v) is 2.30. The zero-order chi connectivity index (χ0) is 16.0. The molecule has 118 valence electrons. The Morgan fingerprint density at radius 1 is 1.09 bits per heavy atom. The van der Waals surface area contributed by atoms with Crippen molar-refractivity contribution in [2.45, 2.75) is 18.2 Å². The van der Waals surface area contributed by atoms with Crippen LogP contribution < -0.4 is 9.47 Å². The molecule has 0 aliphatic heterocycles. The van der Waals surface area contributed by atoms with Crippen LogP contribution in [0.2, 0.25) is 0 Å². The number of benzene rings is 1. The first-order valence-electron chi connectivity index (χ1n) is 6.67. The molecule has 8 heteroatoms. The molecule has 0 aliphatic rings. The molecule has 0 unspecified atom stereocenters. The molecule has 0 radical (unpaired) electrons. The van der Waals surface area contributed by atoms with Crippen molar-refractivity contribution in [2.24, 2.45) is 0 Å². The van der Waals surface area contributed by atoms with Gasteiger partial charge in [0.1, 0.15) is 17.8 Å². The Bertz CT molecular complexity index is 717. The molecule has 22 heavy (non-hydrogen) atoms. The highest BCUT2D eigenvalue weighted by atomic mass is 32.2. The number of hydrogen-bond donors (Lipinski definition) is 0. The molecule has 0 N–H and O–H groups in total. The van der Waals surface area contributed by atoms with E-state index in [0.29, 0.717) is 37.0 Å². The summed E-state index contributed by atoms with van der Waals surface area (Å²) >= 11 is 0. The van der Waals surface area contributed by atoms with E-state index in [-0.39, 0.29) is 4.90 Å².